The van der Waals surface area contributed by atoms with Gasteiger partial charge in [-0.15, -0.1) is 0 Å². The summed E-state index contributed by atoms with van der Waals surface area (Å²) in [6, 6.07) is 20.9. The van der Waals surface area contributed by atoms with E-state index in [1.54, 1.807) is 12.1 Å². The Morgan fingerprint density at radius 2 is 1.60 bits per heavy atom. The maximum Gasteiger partial charge on any atom is 0.244 e. The lowest BCUT2D eigenvalue weighted by Gasteiger charge is -2.33. The first kappa shape index (κ1) is 30.5. The van der Waals surface area contributed by atoms with Gasteiger partial charge in [0.15, 0.2) is 0 Å². The third kappa shape index (κ3) is 7.98. The number of carbonyl (C=O) groups is 2. The van der Waals surface area contributed by atoms with Crippen molar-refractivity contribution in [1.82, 2.24) is 10.2 Å². The largest absolute Gasteiger partial charge is 0.497 e. The summed E-state index contributed by atoms with van der Waals surface area (Å²) in [4.78, 5) is 28.9. The molecule has 0 aliphatic heterocycles. The Balaban J connectivity index is 2.07. The summed E-state index contributed by atoms with van der Waals surface area (Å²) in [5, 5.41) is 2.84. The van der Waals surface area contributed by atoms with E-state index in [-0.39, 0.29) is 30.3 Å². The van der Waals surface area contributed by atoms with Crippen LogP contribution in [-0.4, -0.2) is 64.7 Å². The van der Waals surface area contributed by atoms with Crippen LogP contribution in [0, 0.1) is 6.92 Å². The van der Waals surface area contributed by atoms with Gasteiger partial charge in [0.1, 0.15) is 24.1 Å². The van der Waals surface area contributed by atoms with E-state index in [1.807, 2.05) is 68.4 Å². The lowest BCUT2D eigenvalue weighted by atomic mass is 10.0. The summed E-state index contributed by atoms with van der Waals surface area (Å²) >= 11 is 0. The first-order chi connectivity index (χ1) is 19.1. The predicted octanol–water partition coefficient (Wildman–Crippen LogP) is 3.55. The van der Waals surface area contributed by atoms with Crippen molar-refractivity contribution in [1.29, 1.82) is 0 Å². The van der Waals surface area contributed by atoms with E-state index in [9.17, 15) is 18.0 Å². The summed E-state index contributed by atoms with van der Waals surface area (Å²) in [5.41, 5.74) is 2.93. The van der Waals surface area contributed by atoms with Gasteiger partial charge in [-0.05, 0) is 37.1 Å². The van der Waals surface area contributed by atoms with Crippen molar-refractivity contribution in [2.45, 2.75) is 32.9 Å². The molecule has 9 nitrogen and oxygen atoms in total. The molecule has 3 aromatic carbocycles. The smallest absolute Gasteiger partial charge is 0.244 e. The van der Waals surface area contributed by atoms with Gasteiger partial charge in [0.2, 0.25) is 21.8 Å². The van der Waals surface area contributed by atoms with Crippen molar-refractivity contribution >= 4 is 27.5 Å². The monoisotopic (exact) mass is 567 g/mol. The Bertz CT molecular complexity index is 1390. The Morgan fingerprint density at radius 3 is 2.17 bits per heavy atom. The van der Waals surface area contributed by atoms with Crippen LogP contribution in [0.15, 0.2) is 72.8 Å². The lowest BCUT2D eigenvalue weighted by molar-refractivity contribution is -0.140. The minimum atomic E-state index is -3.93. The van der Waals surface area contributed by atoms with Crippen molar-refractivity contribution < 1.29 is 27.5 Å². The molecule has 2 amide bonds. The number of hydrogen-bond donors (Lipinski definition) is 1. The molecule has 0 spiro atoms. The molecule has 0 aliphatic rings. The number of carbonyl (C=O) groups excluding carboxylic acids is 2. The molecule has 0 fully saturated rings. The molecule has 214 valence electrons. The maximum atomic E-state index is 14.1. The highest BCUT2D eigenvalue weighted by molar-refractivity contribution is 7.92. The highest BCUT2D eigenvalue weighted by Crippen LogP contribution is 2.33. The summed E-state index contributed by atoms with van der Waals surface area (Å²) in [5.74, 6) is -0.149. The van der Waals surface area contributed by atoms with Crippen LogP contribution in [-0.2, 0) is 32.6 Å². The van der Waals surface area contributed by atoms with Crippen molar-refractivity contribution in [2.24, 2.45) is 0 Å². The first-order valence-electron chi connectivity index (χ1n) is 12.9. The van der Waals surface area contributed by atoms with Crippen molar-refractivity contribution in [3.05, 3.63) is 89.5 Å². The van der Waals surface area contributed by atoms with Crippen molar-refractivity contribution in [3.8, 4) is 11.5 Å². The number of aryl methyl sites for hydroxylation is 1. The molecular weight excluding hydrogens is 530 g/mol. The average Bonchev–Trinajstić information content (AvgIpc) is 2.94. The molecule has 3 aromatic rings. The van der Waals surface area contributed by atoms with Crippen LogP contribution in [0.3, 0.4) is 0 Å². The molecule has 1 atom stereocenters. The SMILES string of the molecule is CCNC(=O)[C@@H](Cc1ccccc1)N(Cc1ccc(C)cc1)C(=O)CN(c1ccc(OC)cc1OC)S(C)(=O)=O. The highest BCUT2D eigenvalue weighted by atomic mass is 32.2. The summed E-state index contributed by atoms with van der Waals surface area (Å²) in [6.07, 6.45) is 1.29. The van der Waals surface area contributed by atoms with E-state index in [0.717, 1.165) is 27.3 Å². The molecule has 0 saturated carbocycles. The van der Waals surface area contributed by atoms with Gasteiger partial charge in [-0.25, -0.2) is 8.42 Å². The van der Waals surface area contributed by atoms with Crippen LogP contribution < -0.4 is 19.1 Å². The Kier molecular flexibility index (Phi) is 10.6. The van der Waals surface area contributed by atoms with Gasteiger partial charge in [0.05, 0.1) is 26.2 Å². The minimum absolute atomic E-state index is 0.116. The van der Waals surface area contributed by atoms with Crippen LogP contribution in [0.5, 0.6) is 11.5 Å². The van der Waals surface area contributed by atoms with E-state index in [1.165, 1.54) is 25.2 Å². The number of nitrogens with one attached hydrogen (secondary N) is 1. The number of rotatable bonds is 13. The second kappa shape index (κ2) is 13.8. The average molecular weight is 568 g/mol. The fourth-order valence-corrected chi connectivity index (χ4v) is 5.17. The van der Waals surface area contributed by atoms with Crippen LogP contribution in [0.25, 0.3) is 0 Å². The number of sulfonamides is 1. The van der Waals surface area contributed by atoms with Gasteiger partial charge >= 0.3 is 0 Å². The number of ether oxygens (including phenoxy) is 2. The number of methoxy groups -OCH3 is 2. The minimum Gasteiger partial charge on any atom is -0.497 e. The first-order valence-corrected chi connectivity index (χ1v) is 14.8. The predicted molar refractivity (Wildman–Crippen MR) is 156 cm³/mol. The molecule has 0 saturated heterocycles. The summed E-state index contributed by atoms with van der Waals surface area (Å²) in [7, 11) is -1.03. The molecule has 0 unspecified atom stereocenters. The number of nitrogens with zero attached hydrogens (tertiary/aromatic N) is 2. The summed E-state index contributed by atoms with van der Waals surface area (Å²) < 4.78 is 37.7. The number of likely N-dealkylation sites (N-methyl/N-ethyl adjacent to an activating group) is 1. The van der Waals surface area contributed by atoms with Crippen LogP contribution in [0.4, 0.5) is 5.69 Å². The fraction of sp³-hybridized carbons (Fsp3) is 0.333. The van der Waals surface area contributed by atoms with Gasteiger partial charge in [-0.3, -0.25) is 13.9 Å². The molecule has 3 rings (SSSR count). The number of benzene rings is 3. The zero-order valence-corrected chi connectivity index (χ0v) is 24.4. The standard InChI is InChI=1S/C30H37N3O6S/c1-6-31-30(35)27(18-23-10-8-7-9-11-23)32(20-24-14-12-22(2)13-15-24)29(34)21-33(40(5,36)37)26-17-16-25(38-3)19-28(26)39-4/h7-17,19,27H,6,18,20-21H2,1-5H3,(H,31,35)/t27-/m1/s1. The summed E-state index contributed by atoms with van der Waals surface area (Å²) in [6.45, 7) is 3.75. The zero-order chi connectivity index (χ0) is 29.3. The van der Waals surface area contributed by atoms with Gasteiger partial charge < -0.3 is 19.7 Å². The second-order valence-electron chi connectivity index (χ2n) is 9.41. The van der Waals surface area contributed by atoms with Gasteiger partial charge in [-0.2, -0.15) is 0 Å². The van der Waals surface area contributed by atoms with Gasteiger partial charge in [0, 0.05) is 25.6 Å². The number of hydrogen-bond acceptors (Lipinski definition) is 6. The normalized spacial score (nSPS) is 11.8. The third-order valence-corrected chi connectivity index (χ3v) is 7.56. The fourth-order valence-electron chi connectivity index (χ4n) is 4.32. The molecule has 0 aliphatic carbocycles. The van der Waals surface area contributed by atoms with Gasteiger partial charge in [-0.1, -0.05) is 60.2 Å². The van der Waals surface area contributed by atoms with E-state index in [0.29, 0.717) is 12.3 Å². The molecule has 10 heteroatoms. The molecule has 0 aromatic heterocycles. The highest BCUT2D eigenvalue weighted by Gasteiger charge is 2.33. The molecular formula is C30H37N3O6S. The molecule has 0 radical (unpaired) electrons. The van der Waals surface area contributed by atoms with E-state index in [4.69, 9.17) is 9.47 Å². The Hall–Kier alpha value is -4.05. The van der Waals surface area contributed by atoms with Crippen molar-refractivity contribution in [3.63, 3.8) is 0 Å². The van der Waals surface area contributed by atoms with Crippen LogP contribution >= 0.6 is 0 Å². The van der Waals surface area contributed by atoms with Gasteiger partial charge in [0.25, 0.3) is 0 Å². The second-order valence-corrected chi connectivity index (χ2v) is 11.3. The molecule has 40 heavy (non-hydrogen) atoms. The molecule has 1 N–H and O–H groups in total. The molecule has 0 bridgehead atoms. The molecule has 0 heterocycles. The number of anilines is 1. The lowest BCUT2D eigenvalue weighted by Crippen LogP contribution is -2.53. The van der Waals surface area contributed by atoms with E-state index >= 15 is 0 Å². The third-order valence-electron chi connectivity index (χ3n) is 6.43. The Labute approximate surface area is 236 Å². The maximum absolute atomic E-state index is 14.1. The Morgan fingerprint density at radius 1 is 0.925 bits per heavy atom. The van der Waals surface area contributed by atoms with Crippen LogP contribution in [0.1, 0.15) is 23.6 Å². The topological polar surface area (TPSA) is 105 Å². The van der Waals surface area contributed by atoms with Crippen molar-refractivity contribution in [2.75, 3.05) is 37.9 Å². The number of amides is 2. The van der Waals surface area contributed by atoms with E-state index in [2.05, 4.69) is 5.32 Å². The van der Waals surface area contributed by atoms with E-state index < -0.39 is 28.5 Å². The zero-order valence-electron chi connectivity index (χ0n) is 23.6. The van der Waals surface area contributed by atoms with Crippen LogP contribution in [0.2, 0.25) is 0 Å². The quantitative estimate of drug-likeness (QED) is 0.339.